The van der Waals surface area contributed by atoms with E-state index in [1.165, 1.54) is 5.56 Å². The molecule has 2 heterocycles. The van der Waals surface area contributed by atoms with Crippen LogP contribution >= 0.6 is 0 Å². The molecule has 1 aromatic heterocycles. The quantitative estimate of drug-likeness (QED) is 0.636. The molecule has 0 fully saturated rings. The van der Waals surface area contributed by atoms with Crippen LogP contribution in [-0.2, 0) is 13.1 Å². The average Bonchev–Trinajstić information content (AvgIpc) is 2.53. The van der Waals surface area contributed by atoms with Crippen LogP contribution < -0.4 is 0 Å². The van der Waals surface area contributed by atoms with Gasteiger partial charge in [-0.25, -0.2) is 0 Å². The first-order valence-corrected chi connectivity index (χ1v) is 4.36. The highest BCUT2D eigenvalue weighted by molar-refractivity contribution is 5.25. The van der Waals surface area contributed by atoms with Gasteiger partial charge in [0.2, 0.25) is 0 Å². The minimum absolute atomic E-state index is 0.596. The van der Waals surface area contributed by atoms with Gasteiger partial charge in [-0.15, -0.1) is 0 Å². The molecule has 0 aliphatic carbocycles. The highest BCUT2D eigenvalue weighted by Crippen LogP contribution is 2.25. The van der Waals surface area contributed by atoms with E-state index in [2.05, 4.69) is 23.9 Å². The predicted octanol–water partition coefficient (Wildman–Crippen LogP) is 1.71. The Morgan fingerprint density at radius 3 is 2.75 bits per heavy atom. The van der Waals surface area contributed by atoms with Gasteiger partial charge in [0.15, 0.2) is 0 Å². The summed E-state index contributed by atoms with van der Waals surface area (Å²) >= 11 is 0. The number of hydrogen-bond donors (Lipinski definition) is 0. The lowest BCUT2D eigenvalue weighted by atomic mass is 10.2. The summed E-state index contributed by atoms with van der Waals surface area (Å²) in [6, 6.07) is 0.596. The van der Waals surface area contributed by atoms with E-state index in [0.717, 1.165) is 24.5 Å². The first-order chi connectivity index (χ1) is 5.68. The largest absolute Gasteiger partial charge is 0.361 e. The Morgan fingerprint density at radius 1 is 1.42 bits per heavy atom. The average molecular weight is 166 g/mol. The van der Waals surface area contributed by atoms with Gasteiger partial charge in [-0.1, -0.05) is 5.16 Å². The molecule has 2 rings (SSSR count). The third kappa shape index (κ3) is 1.05. The van der Waals surface area contributed by atoms with Gasteiger partial charge in [-0.3, -0.25) is 4.90 Å². The smallest absolute Gasteiger partial charge is 0.138 e. The molecule has 0 radical (unpaired) electrons. The summed E-state index contributed by atoms with van der Waals surface area (Å²) in [5, 5.41) is 4.01. The van der Waals surface area contributed by atoms with E-state index in [0.29, 0.717) is 6.04 Å². The summed E-state index contributed by atoms with van der Waals surface area (Å²) in [7, 11) is 0. The summed E-state index contributed by atoms with van der Waals surface area (Å²) in [6.45, 7) is 8.35. The van der Waals surface area contributed by atoms with Crippen molar-refractivity contribution in [2.75, 3.05) is 0 Å². The van der Waals surface area contributed by atoms with Crippen LogP contribution in [0.25, 0.3) is 0 Å². The molecule has 66 valence electrons. The molecular weight excluding hydrogens is 152 g/mol. The minimum Gasteiger partial charge on any atom is -0.361 e. The first kappa shape index (κ1) is 7.80. The Morgan fingerprint density at radius 2 is 2.17 bits per heavy atom. The zero-order valence-electron chi connectivity index (χ0n) is 7.79. The molecule has 0 saturated heterocycles. The van der Waals surface area contributed by atoms with E-state index < -0.39 is 0 Å². The van der Waals surface area contributed by atoms with Crippen molar-refractivity contribution in [2.24, 2.45) is 0 Å². The van der Waals surface area contributed by atoms with Crippen molar-refractivity contribution in [3.05, 3.63) is 17.0 Å². The molecule has 0 bridgehead atoms. The van der Waals surface area contributed by atoms with Crippen LogP contribution in [0.2, 0.25) is 0 Å². The van der Waals surface area contributed by atoms with Crippen molar-refractivity contribution in [1.29, 1.82) is 0 Å². The van der Waals surface area contributed by atoms with Gasteiger partial charge in [-0.2, -0.15) is 0 Å². The fourth-order valence-electron chi connectivity index (χ4n) is 1.58. The van der Waals surface area contributed by atoms with Crippen LogP contribution in [0.5, 0.6) is 0 Å². The minimum atomic E-state index is 0.596. The Balaban J connectivity index is 2.22. The molecule has 0 spiro atoms. The van der Waals surface area contributed by atoms with E-state index in [1.807, 2.05) is 6.92 Å². The molecule has 3 heteroatoms. The number of fused-ring (bicyclic) bond motifs is 1. The maximum Gasteiger partial charge on any atom is 0.138 e. The SMILES string of the molecule is Cc1onc2c1CN(C(C)C)C2. The predicted molar refractivity (Wildman–Crippen MR) is 45.6 cm³/mol. The zero-order valence-corrected chi connectivity index (χ0v) is 7.79. The van der Waals surface area contributed by atoms with Crippen LogP contribution in [0, 0.1) is 6.92 Å². The van der Waals surface area contributed by atoms with Crippen LogP contribution in [0.4, 0.5) is 0 Å². The second-order valence-electron chi connectivity index (χ2n) is 3.66. The number of nitrogens with zero attached hydrogens (tertiary/aromatic N) is 2. The van der Waals surface area contributed by atoms with Crippen molar-refractivity contribution in [3.8, 4) is 0 Å². The maximum atomic E-state index is 5.09. The maximum absolute atomic E-state index is 5.09. The zero-order chi connectivity index (χ0) is 8.72. The van der Waals surface area contributed by atoms with Gasteiger partial charge >= 0.3 is 0 Å². The summed E-state index contributed by atoms with van der Waals surface area (Å²) < 4.78 is 5.09. The third-order valence-electron chi connectivity index (χ3n) is 2.51. The van der Waals surface area contributed by atoms with Crippen LogP contribution in [-0.4, -0.2) is 16.1 Å². The number of aromatic nitrogens is 1. The van der Waals surface area contributed by atoms with Crippen molar-refractivity contribution in [1.82, 2.24) is 10.1 Å². The lowest BCUT2D eigenvalue weighted by Gasteiger charge is -2.18. The van der Waals surface area contributed by atoms with E-state index in [-0.39, 0.29) is 0 Å². The van der Waals surface area contributed by atoms with Crippen molar-refractivity contribution in [3.63, 3.8) is 0 Å². The second-order valence-corrected chi connectivity index (χ2v) is 3.66. The molecular formula is C9H14N2O. The van der Waals surface area contributed by atoms with Crippen molar-refractivity contribution in [2.45, 2.75) is 39.9 Å². The van der Waals surface area contributed by atoms with Crippen molar-refractivity contribution >= 4 is 0 Å². The fourth-order valence-corrected chi connectivity index (χ4v) is 1.58. The van der Waals surface area contributed by atoms with Gasteiger partial charge in [0.25, 0.3) is 0 Å². The topological polar surface area (TPSA) is 29.3 Å². The fraction of sp³-hybridized carbons (Fsp3) is 0.667. The van der Waals surface area contributed by atoms with Crippen molar-refractivity contribution < 1.29 is 4.52 Å². The molecule has 3 nitrogen and oxygen atoms in total. The molecule has 0 unspecified atom stereocenters. The normalized spacial score (nSPS) is 17.3. The van der Waals surface area contributed by atoms with Crippen LogP contribution in [0.15, 0.2) is 4.52 Å². The summed E-state index contributed by atoms with van der Waals surface area (Å²) in [4.78, 5) is 2.39. The molecule has 12 heavy (non-hydrogen) atoms. The van der Waals surface area contributed by atoms with Gasteiger partial charge in [0, 0.05) is 24.7 Å². The van der Waals surface area contributed by atoms with Gasteiger partial charge in [-0.05, 0) is 20.8 Å². The number of hydrogen-bond acceptors (Lipinski definition) is 3. The number of rotatable bonds is 1. The van der Waals surface area contributed by atoms with Crippen LogP contribution in [0.1, 0.15) is 30.9 Å². The number of aryl methyl sites for hydroxylation is 1. The second kappa shape index (κ2) is 2.59. The molecule has 0 atom stereocenters. The van der Waals surface area contributed by atoms with E-state index >= 15 is 0 Å². The van der Waals surface area contributed by atoms with E-state index in [9.17, 15) is 0 Å². The lowest BCUT2D eigenvalue weighted by Crippen LogP contribution is -2.24. The molecule has 1 aromatic rings. The Labute approximate surface area is 72.3 Å². The molecule has 0 saturated carbocycles. The van der Waals surface area contributed by atoms with Gasteiger partial charge in [0.1, 0.15) is 11.5 Å². The van der Waals surface area contributed by atoms with E-state index in [4.69, 9.17) is 4.52 Å². The highest BCUT2D eigenvalue weighted by Gasteiger charge is 2.26. The summed E-state index contributed by atoms with van der Waals surface area (Å²) in [5.74, 6) is 0.980. The molecule has 0 amide bonds. The first-order valence-electron chi connectivity index (χ1n) is 4.36. The van der Waals surface area contributed by atoms with Crippen LogP contribution in [0.3, 0.4) is 0 Å². The van der Waals surface area contributed by atoms with Gasteiger partial charge in [0.05, 0.1) is 0 Å². The monoisotopic (exact) mass is 166 g/mol. The standard InChI is InChI=1S/C9H14N2O/c1-6(2)11-4-8-7(3)12-10-9(8)5-11/h6H,4-5H2,1-3H3. The molecule has 0 N–H and O–H groups in total. The Kier molecular flexibility index (Phi) is 1.68. The highest BCUT2D eigenvalue weighted by atomic mass is 16.5. The molecule has 0 aromatic carbocycles. The third-order valence-corrected chi connectivity index (χ3v) is 2.51. The summed E-state index contributed by atoms with van der Waals surface area (Å²) in [6.07, 6.45) is 0. The van der Waals surface area contributed by atoms with Gasteiger partial charge < -0.3 is 4.52 Å². The molecule has 1 aliphatic rings. The van der Waals surface area contributed by atoms with E-state index in [1.54, 1.807) is 0 Å². The Hall–Kier alpha value is -0.830. The molecule has 1 aliphatic heterocycles. The Bertz CT molecular complexity index is 291. The summed E-state index contributed by atoms with van der Waals surface area (Å²) in [5.41, 5.74) is 2.42. The lowest BCUT2D eigenvalue weighted by molar-refractivity contribution is 0.215.